The molecule has 0 spiro atoms. The monoisotopic (exact) mass is 743 g/mol. The molecule has 0 saturated carbocycles. The van der Waals surface area contributed by atoms with Gasteiger partial charge in [0, 0.05) is 53.6 Å². The van der Waals surface area contributed by atoms with E-state index in [-0.39, 0.29) is 0 Å². The van der Waals surface area contributed by atoms with Crippen LogP contribution >= 0.6 is 11.3 Å². The Balaban J connectivity index is 1.01. The first-order valence-corrected chi connectivity index (χ1v) is 20.2. The van der Waals surface area contributed by atoms with E-state index in [4.69, 9.17) is 4.42 Å². The lowest BCUT2D eigenvalue weighted by molar-refractivity contribution is 0.670. The summed E-state index contributed by atoms with van der Waals surface area (Å²) in [4.78, 5) is 2.38. The molecule has 2 aromatic heterocycles. The van der Waals surface area contributed by atoms with Crippen molar-refractivity contribution in [3.8, 4) is 22.3 Å². The third-order valence-electron chi connectivity index (χ3n) is 11.7. The molecule has 0 amide bonds. The fourth-order valence-electron chi connectivity index (χ4n) is 8.96. The van der Waals surface area contributed by atoms with E-state index in [1.165, 1.54) is 63.6 Å². The van der Waals surface area contributed by atoms with Gasteiger partial charge in [0.15, 0.2) is 0 Å². The number of hydrogen-bond acceptors (Lipinski definition) is 3. The van der Waals surface area contributed by atoms with Crippen molar-refractivity contribution in [3.05, 3.63) is 200 Å². The lowest BCUT2D eigenvalue weighted by Gasteiger charge is -2.26. The lowest BCUT2D eigenvalue weighted by atomic mass is 9.94. The number of hydrogen-bond donors (Lipinski definition) is 0. The third-order valence-corrected chi connectivity index (χ3v) is 12.8. The number of fused-ring (bicyclic) bond motifs is 12. The summed E-state index contributed by atoms with van der Waals surface area (Å²) in [7, 11) is 0. The molecular formula is C54H33NOS. The van der Waals surface area contributed by atoms with Crippen LogP contribution in [0.1, 0.15) is 0 Å². The number of benzene rings is 10. The summed E-state index contributed by atoms with van der Waals surface area (Å²) in [5.74, 6) is 0. The Kier molecular flexibility index (Phi) is 7.13. The first-order valence-electron chi connectivity index (χ1n) is 19.4. The van der Waals surface area contributed by atoms with E-state index < -0.39 is 0 Å². The average Bonchev–Trinajstić information content (AvgIpc) is 3.85. The van der Waals surface area contributed by atoms with Crippen LogP contribution in [0.4, 0.5) is 17.1 Å². The molecule has 57 heavy (non-hydrogen) atoms. The fraction of sp³-hybridized carbons (Fsp3) is 0. The molecule has 0 unspecified atom stereocenters. The Morgan fingerprint density at radius 3 is 1.56 bits per heavy atom. The van der Waals surface area contributed by atoms with E-state index in [1.54, 1.807) is 0 Å². The largest absolute Gasteiger partial charge is 0.455 e. The smallest absolute Gasteiger partial charge is 0.143 e. The van der Waals surface area contributed by atoms with Crippen molar-refractivity contribution in [2.24, 2.45) is 0 Å². The fourth-order valence-corrected chi connectivity index (χ4v) is 10.0. The first kappa shape index (κ1) is 32.1. The van der Waals surface area contributed by atoms with Gasteiger partial charge in [-0.3, -0.25) is 0 Å². The van der Waals surface area contributed by atoms with Gasteiger partial charge in [-0.2, -0.15) is 0 Å². The van der Waals surface area contributed by atoms with Gasteiger partial charge in [-0.15, -0.1) is 11.3 Å². The van der Waals surface area contributed by atoms with Crippen molar-refractivity contribution in [2.45, 2.75) is 0 Å². The second-order valence-corrected chi connectivity index (χ2v) is 15.9. The Morgan fingerprint density at radius 2 is 0.842 bits per heavy atom. The van der Waals surface area contributed by atoms with Crippen LogP contribution in [0.3, 0.4) is 0 Å². The summed E-state index contributed by atoms with van der Waals surface area (Å²) >= 11 is 1.86. The zero-order valence-corrected chi connectivity index (χ0v) is 31.6. The van der Waals surface area contributed by atoms with Crippen molar-refractivity contribution >= 4 is 103 Å². The van der Waals surface area contributed by atoms with Crippen molar-refractivity contribution in [2.75, 3.05) is 4.90 Å². The molecular weight excluding hydrogens is 711 g/mol. The van der Waals surface area contributed by atoms with Gasteiger partial charge < -0.3 is 9.32 Å². The molecule has 266 valence electrons. The van der Waals surface area contributed by atoms with Crippen LogP contribution in [0.15, 0.2) is 205 Å². The van der Waals surface area contributed by atoms with Crippen molar-refractivity contribution < 1.29 is 4.42 Å². The Hall–Kier alpha value is -7.20. The van der Waals surface area contributed by atoms with Crippen LogP contribution in [-0.4, -0.2) is 0 Å². The second-order valence-electron chi connectivity index (χ2n) is 14.8. The normalized spacial score (nSPS) is 11.9. The minimum Gasteiger partial charge on any atom is -0.455 e. The highest BCUT2D eigenvalue weighted by Gasteiger charge is 2.18. The highest BCUT2D eigenvalue weighted by atomic mass is 32.1. The standard InChI is InChI=1S/C54H33NOS/c1-2-12-43-41(10-1)42-11-3-4-13-44(42)49-33-39(29-30-45(43)49)55(37-25-20-34(21-26-37)36-24-31-53-50(32-36)47-15-6-8-19-52(47)57-53)38-27-22-35(23-28-38)40-16-9-17-48-46-14-5-7-18-51(46)56-54(40)48/h1-33H. The number of rotatable bonds is 5. The molecule has 0 N–H and O–H groups in total. The number of nitrogens with zero attached hydrogens (tertiary/aromatic N) is 1. The Bertz CT molecular complexity index is 3480. The summed E-state index contributed by atoms with van der Waals surface area (Å²) in [6, 6.07) is 72.8. The minimum atomic E-state index is 0.909. The number of para-hydroxylation sites is 2. The maximum Gasteiger partial charge on any atom is 0.143 e. The van der Waals surface area contributed by atoms with Crippen LogP contribution < -0.4 is 4.90 Å². The van der Waals surface area contributed by atoms with E-state index in [0.717, 1.165) is 50.1 Å². The summed E-state index contributed by atoms with van der Waals surface area (Å²) in [5, 5.41) is 12.5. The molecule has 2 heterocycles. The zero-order valence-electron chi connectivity index (χ0n) is 30.8. The molecule has 0 saturated heterocycles. The number of anilines is 3. The summed E-state index contributed by atoms with van der Waals surface area (Å²) in [6.07, 6.45) is 0. The van der Waals surface area contributed by atoms with E-state index >= 15 is 0 Å². The molecule has 10 aromatic carbocycles. The highest BCUT2D eigenvalue weighted by Crippen LogP contribution is 2.43. The van der Waals surface area contributed by atoms with Gasteiger partial charge in [0.25, 0.3) is 0 Å². The zero-order chi connectivity index (χ0) is 37.5. The van der Waals surface area contributed by atoms with Gasteiger partial charge in [-0.25, -0.2) is 0 Å². The third kappa shape index (κ3) is 5.10. The van der Waals surface area contributed by atoms with Gasteiger partial charge in [0.2, 0.25) is 0 Å². The lowest BCUT2D eigenvalue weighted by Crippen LogP contribution is -2.10. The molecule has 0 aliphatic rings. The van der Waals surface area contributed by atoms with Crippen LogP contribution in [0.25, 0.3) is 96.7 Å². The van der Waals surface area contributed by atoms with Crippen LogP contribution in [0.5, 0.6) is 0 Å². The summed E-state index contributed by atoms with van der Waals surface area (Å²) in [5.41, 5.74) is 9.73. The first-order chi connectivity index (χ1) is 28.2. The molecule has 12 rings (SSSR count). The minimum absolute atomic E-state index is 0.909. The predicted octanol–water partition coefficient (Wildman–Crippen LogP) is 16.2. The van der Waals surface area contributed by atoms with Crippen molar-refractivity contribution in [1.82, 2.24) is 0 Å². The maximum atomic E-state index is 6.44. The van der Waals surface area contributed by atoms with Gasteiger partial charge in [-0.1, -0.05) is 140 Å². The average molecular weight is 744 g/mol. The van der Waals surface area contributed by atoms with Crippen molar-refractivity contribution in [1.29, 1.82) is 0 Å². The van der Waals surface area contributed by atoms with Crippen LogP contribution in [-0.2, 0) is 0 Å². The second kappa shape index (κ2) is 12.7. The van der Waals surface area contributed by atoms with Gasteiger partial charge in [0.05, 0.1) is 0 Å². The molecule has 12 aromatic rings. The van der Waals surface area contributed by atoms with Gasteiger partial charge in [-0.05, 0) is 110 Å². The van der Waals surface area contributed by atoms with E-state index in [2.05, 4.69) is 193 Å². The van der Waals surface area contributed by atoms with Crippen LogP contribution in [0, 0.1) is 0 Å². The van der Waals surface area contributed by atoms with Gasteiger partial charge in [0.1, 0.15) is 11.2 Å². The molecule has 0 fully saturated rings. The highest BCUT2D eigenvalue weighted by molar-refractivity contribution is 7.25. The molecule has 0 radical (unpaired) electrons. The van der Waals surface area contributed by atoms with Crippen LogP contribution in [0.2, 0.25) is 0 Å². The summed E-state index contributed by atoms with van der Waals surface area (Å²) in [6.45, 7) is 0. The maximum absolute atomic E-state index is 6.44. The summed E-state index contributed by atoms with van der Waals surface area (Å²) < 4.78 is 9.08. The van der Waals surface area contributed by atoms with E-state index in [0.29, 0.717) is 0 Å². The molecule has 3 heteroatoms. The molecule has 0 aliphatic heterocycles. The molecule has 0 atom stereocenters. The topological polar surface area (TPSA) is 16.4 Å². The quantitative estimate of drug-likeness (QED) is 0.163. The van der Waals surface area contributed by atoms with E-state index in [1.807, 2.05) is 23.5 Å². The van der Waals surface area contributed by atoms with E-state index in [9.17, 15) is 0 Å². The van der Waals surface area contributed by atoms with Crippen molar-refractivity contribution in [3.63, 3.8) is 0 Å². The predicted molar refractivity (Wildman–Crippen MR) is 245 cm³/mol. The molecule has 0 aliphatic carbocycles. The molecule has 2 nitrogen and oxygen atoms in total. The Labute approximate surface area is 333 Å². The Morgan fingerprint density at radius 1 is 0.316 bits per heavy atom. The molecule has 0 bridgehead atoms. The SMILES string of the molecule is c1ccc2c(c1)oc1c(-c3ccc(N(c4ccc(-c5ccc6sc7ccccc7c6c5)cc4)c4ccc5c6ccccc6c6ccccc6c5c4)cc3)cccc12. The number of furan rings is 1. The number of thiophene rings is 1. The van der Waals surface area contributed by atoms with Gasteiger partial charge >= 0.3 is 0 Å².